The van der Waals surface area contributed by atoms with Crippen molar-refractivity contribution >= 4 is 22.7 Å². The van der Waals surface area contributed by atoms with Crippen LogP contribution in [-0.2, 0) is 20.1 Å². The Labute approximate surface area is 92.8 Å². The van der Waals surface area contributed by atoms with E-state index < -0.39 is 0 Å². The molecule has 2 rings (SSSR count). The van der Waals surface area contributed by atoms with Crippen molar-refractivity contribution < 1.29 is 20.1 Å². The molecule has 0 atom stereocenters. The maximum Gasteiger partial charge on any atom is 0.0404 e. The van der Waals surface area contributed by atoms with Crippen molar-refractivity contribution in [3.63, 3.8) is 0 Å². The van der Waals surface area contributed by atoms with Crippen molar-refractivity contribution in [3.05, 3.63) is 35.5 Å². The molecule has 0 saturated heterocycles. The summed E-state index contributed by atoms with van der Waals surface area (Å²) in [5, 5.41) is 4.77. The van der Waals surface area contributed by atoms with E-state index in [0.29, 0.717) is 5.69 Å². The molecule has 63 valence electrons. The van der Waals surface area contributed by atoms with Crippen LogP contribution in [0.1, 0.15) is 5.69 Å². The van der Waals surface area contributed by atoms with Gasteiger partial charge in [0.1, 0.15) is 0 Å². The van der Waals surface area contributed by atoms with Crippen molar-refractivity contribution in [2.75, 3.05) is 0 Å². The molecule has 0 fully saturated rings. The molecule has 0 amide bonds. The standard InChI is InChI=1S/C8H4NS2.Ir/c1-6-5-11-8(9-6)7-3-2-4-10-7;/h1-2,4-5H;/q-1;. The van der Waals surface area contributed by atoms with E-state index in [2.05, 4.69) is 11.1 Å². The largest absolute Gasteiger partial charge is 0.304 e. The molecule has 2 aromatic heterocycles. The van der Waals surface area contributed by atoms with Crippen molar-refractivity contribution in [3.8, 4) is 9.88 Å². The van der Waals surface area contributed by atoms with Crippen LogP contribution in [0.15, 0.2) is 16.8 Å². The predicted octanol–water partition coefficient (Wildman–Crippen LogP) is 2.73. The number of nitrogens with zero attached hydrogens (tertiary/aromatic N) is 1. The van der Waals surface area contributed by atoms with Crippen LogP contribution in [0.2, 0.25) is 0 Å². The van der Waals surface area contributed by atoms with Gasteiger partial charge in [0, 0.05) is 43.1 Å². The molecule has 0 unspecified atom stereocenters. The smallest absolute Gasteiger partial charge is 0.0404 e. The molecule has 0 aliphatic heterocycles. The van der Waals surface area contributed by atoms with Gasteiger partial charge in [-0.2, -0.15) is 23.5 Å². The van der Waals surface area contributed by atoms with Crippen LogP contribution in [-0.4, -0.2) is 4.98 Å². The Balaban J connectivity index is 0.000000720. The Morgan fingerprint density at radius 2 is 2.25 bits per heavy atom. The molecule has 3 radical (unpaired) electrons. The van der Waals surface area contributed by atoms with Gasteiger partial charge < -0.3 is 4.98 Å². The number of rotatable bonds is 1. The molecule has 0 aromatic carbocycles. The van der Waals surface area contributed by atoms with E-state index in [1.165, 1.54) is 0 Å². The molecule has 0 bridgehead atoms. The zero-order valence-corrected chi connectivity index (χ0v) is 9.93. The summed E-state index contributed by atoms with van der Waals surface area (Å²) in [6.45, 7) is 5.47. The zero-order valence-electron chi connectivity index (χ0n) is 5.91. The fourth-order valence-electron chi connectivity index (χ4n) is 0.748. The second kappa shape index (κ2) is 4.28. The second-order valence-corrected chi connectivity index (χ2v) is 3.75. The number of hydrogen-bond acceptors (Lipinski definition) is 3. The molecular formula is C8H4IrNS2-. The number of aromatic nitrogens is 1. The number of thiazole rings is 1. The molecule has 0 N–H and O–H groups in total. The average molecular weight is 370 g/mol. The SMILES string of the molecule is [CH]c1csc(-c2[c-]ccs2)n1.[Ir]. The molecular weight excluding hydrogens is 366 g/mol. The van der Waals surface area contributed by atoms with Crippen LogP contribution in [0.5, 0.6) is 0 Å². The summed E-state index contributed by atoms with van der Waals surface area (Å²) in [7, 11) is 0. The molecule has 12 heavy (non-hydrogen) atoms. The van der Waals surface area contributed by atoms with Crippen molar-refractivity contribution in [1.82, 2.24) is 4.98 Å². The third kappa shape index (κ3) is 2.02. The van der Waals surface area contributed by atoms with Gasteiger partial charge in [-0.25, -0.2) is 11.3 Å². The average Bonchev–Trinajstić information content (AvgIpc) is 2.55. The minimum absolute atomic E-state index is 0. The topological polar surface area (TPSA) is 12.9 Å². The van der Waals surface area contributed by atoms with E-state index in [0.717, 1.165) is 9.88 Å². The summed E-state index contributed by atoms with van der Waals surface area (Å²) < 4.78 is 0. The normalized spacial score (nSPS) is 9.42. The van der Waals surface area contributed by atoms with Crippen LogP contribution in [0.25, 0.3) is 9.88 Å². The zero-order chi connectivity index (χ0) is 7.68. The summed E-state index contributed by atoms with van der Waals surface area (Å²) in [6.07, 6.45) is 0. The fraction of sp³-hybridized carbons (Fsp3) is 0. The summed E-state index contributed by atoms with van der Waals surface area (Å²) in [4.78, 5) is 5.19. The summed E-state index contributed by atoms with van der Waals surface area (Å²) >= 11 is 3.18. The van der Waals surface area contributed by atoms with E-state index in [1.807, 2.05) is 16.8 Å². The first-order valence-corrected chi connectivity index (χ1v) is 4.79. The fourth-order valence-corrected chi connectivity index (χ4v) is 2.20. The first-order valence-electron chi connectivity index (χ1n) is 3.03. The minimum atomic E-state index is 0. The predicted molar refractivity (Wildman–Crippen MR) is 47.7 cm³/mol. The van der Waals surface area contributed by atoms with Gasteiger partial charge in [-0.05, 0) is 0 Å². The van der Waals surface area contributed by atoms with Crippen LogP contribution in [0, 0.1) is 13.0 Å². The van der Waals surface area contributed by atoms with Gasteiger partial charge in [-0.15, -0.1) is 5.38 Å². The summed E-state index contributed by atoms with van der Waals surface area (Å²) in [5.74, 6) is 0. The van der Waals surface area contributed by atoms with Crippen molar-refractivity contribution in [2.24, 2.45) is 0 Å². The Morgan fingerprint density at radius 3 is 2.75 bits per heavy atom. The molecule has 2 heterocycles. The van der Waals surface area contributed by atoms with E-state index in [4.69, 9.17) is 6.92 Å². The molecule has 0 spiro atoms. The van der Waals surface area contributed by atoms with E-state index in [-0.39, 0.29) is 20.1 Å². The van der Waals surface area contributed by atoms with Crippen molar-refractivity contribution in [1.29, 1.82) is 0 Å². The first kappa shape index (κ1) is 10.1. The maximum atomic E-state index is 5.47. The summed E-state index contributed by atoms with van der Waals surface area (Å²) in [6, 6.07) is 4.96. The Bertz CT molecular complexity index is 340. The van der Waals surface area contributed by atoms with Crippen LogP contribution >= 0.6 is 22.7 Å². The molecule has 0 aliphatic carbocycles. The van der Waals surface area contributed by atoms with Gasteiger partial charge in [0.25, 0.3) is 0 Å². The van der Waals surface area contributed by atoms with Gasteiger partial charge in [0.2, 0.25) is 0 Å². The van der Waals surface area contributed by atoms with Crippen molar-refractivity contribution in [2.45, 2.75) is 0 Å². The van der Waals surface area contributed by atoms with E-state index in [1.54, 1.807) is 22.7 Å². The van der Waals surface area contributed by atoms with E-state index >= 15 is 0 Å². The van der Waals surface area contributed by atoms with Crippen LogP contribution < -0.4 is 0 Å². The third-order valence-corrected chi connectivity index (χ3v) is 3.01. The quantitative estimate of drug-likeness (QED) is 0.704. The van der Waals surface area contributed by atoms with Gasteiger partial charge in [0.15, 0.2) is 0 Å². The maximum absolute atomic E-state index is 5.47. The second-order valence-electron chi connectivity index (χ2n) is 1.97. The monoisotopic (exact) mass is 371 g/mol. The van der Waals surface area contributed by atoms with Crippen LogP contribution in [0.4, 0.5) is 0 Å². The van der Waals surface area contributed by atoms with Gasteiger partial charge in [0.05, 0.1) is 0 Å². The molecule has 0 saturated carbocycles. The van der Waals surface area contributed by atoms with Gasteiger partial charge in [-0.1, -0.05) is 4.88 Å². The molecule has 0 aliphatic rings. The molecule has 2 aromatic rings. The summed E-state index contributed by atoms with van der Waals surface area (Å²) in [5.41, 5.74) is 0.590. The van der Waals surface area contributed by atoms with E-state index in [9.17, 15) is 0 Å². The van der Waals surface area contributed by atoms with Gasteiger partial charge >= 0.3 is 0 Å². The van der Waals surface area contributed by atoms with Gasteiger partial charge in [-0.3, -0.25) is 0 Å². The Morgan fingerprint density at radius 1 is 1.42 bits per heavy atom. The first-order chi connectivity index (χ1) is 5.36. The molecule has 4 heteroatoms. The van der Waals surface area contributed by atoms with Crippen LogP contribution in [0.3, 0.4) is 0 Å². The third-order valence-electron chi connectivity index (χ3n) is 1.18. The number of hydrogen-bond donors (Lipinski definition) is 0. The number of thiophene rings is 1. The Kier molecular flexibility index (Phi) is 3.59. The Hall–Kier alpha value is -0.0206. The molecule has 1 nitrogen and oxygen atoms in total. The minimum Gasteiger partial charge on any atom is -0.304 e.